The molecule has 2 aromatic rings. The Balaban J connectivity index is 1.53. The van der Waals surface area contributed by atoms with Gasteiger partial charge in [-0.25, -0.2) is 13.4 Å². The van der Waals surface area contributed by atoms with E-state index in [-0.39, 0.29) is 36.7 Å². The van der Waals surface area contributed by atoms with Crippen LogP contribution < -0.4 is 5.73 Å². The summed E-state index contributed by atoms with van der Waals surface area (Å²) in [5.41, 5.74) is 7.67. The van der Waals surface area contributed by atoms with Gasteiger partial charge in [-0.2, -0.15) is 0 Å². The van der Waals surface area contributed by atoms with Crippen molar-refractivity contribution >= 4 is 26.8 Å². The fraction of sp³-hybridized carbons (Fsp3) is 0.467. The maximum absolute atomic E-state index is 12.5. The second-order valence-electron chi connectivity index (χ2n) is 6.36. The van der Waals surface area contributed by atoms with Crippen molar-refractivity contribution in [3.05, 3.63) is 30.6 Å². The Morgan fingerprint density at radius 3 is 2.87 bits per heavy atom. The quantitative estimate of drug-likeness (QED) is 0.807. The Hall–Kier alpha value is -1.93. The first kappa shape index (κ1) is 14.6. The van der Waals surface area contributed by atoms with Gasteiger partial charge in [0.2, 0.25) is 5.91 Å². The normalized spacial score (nSPS) is 29.1. The highest BCUT2D eigenvalue weighted by atomic mass is 32.2. The first-order valence-electron chi connectivity index (χ1n) is 7.60. The lowest BCUT2D eigenvalue weighted by Crippen LogP contribution is -2.37. The van der Waals surface area contributed by atoms with Crippen LogP contribution in [0.2, 0.25) is 0 Å². The van der Waals surface area contributed by atoms with E-state index >= 15 is 0 Å². The molecule has 0 radical (unpaired) electrons. The van der Waals surface area contributed by atoms with Crippen molar-refractivity contribution in [3.8, 4) is 0 Å². The highest BCUT2D eigenvalue weighted by molar-refractivity contribution is 7.92. The number of amides is 1. The fourth-order valence-corrected chi connectivity index (χ4v) is 5.95. The topological polar surface area (TPSA) is 98.3 Å². The van der Waals surface area contributed by atoms with E-state index in [1.165, 1.54) is 0 Å². The van der Waals surface area contributed by atoms with Crippen molar-refractivity contribution in [2.45, 2.75) is 17.8 Å². The number of benzene rings is 1. The van der Waals surface area contributed by atoms with Crippen molar-refractivity contribution < 1.29 is 13.2 Å². The molecule has 1 aromatic carbocycles. The zero-order valence-electron chi connectivity index (χ0n) is 12.5. The number of imidazole rings is 1. The van der Waals surface area contributed by atoms with Crippen LogP contribution in [0.3, 0.4) is 0 Å². The lowest BCUT2D eigenvalue weighted by atomic mass is 10.0. The van der Waals surface area contributed by atoms with Crippen LogP contribution in [0, 0.1) is 5.92 Å². The number of aromatic nitrogens is 2. The summed E-state index contributed by atoms with van der Waals surface area (Å²) in [6, 6.07) is 7.24. The lowest BCUT2D eigenvalue weighted by Gasteiger charge is -2.19. The highest BCUT2D eigenvalue weighted by Gasteiger charge is 2.51. The van der Waals surface area contributed by atoms with Crippen LogP contribution in [0.4, 0.5) is 0 Å². The summed E-state index contributed by atoms with van der Waals surface area (Å²) in [6.07, 6.45) is 1.64. The molecule has 7 nitrogen and oxygen atoms in total. The molecule has 0 bridgehead atoms. The van der Waals surface area contributed by atoms with E-state index in [0.29, 0.717) is 6.54 Å². The van der Waals surface area contributed by atoms with E-state index in [2.05, 4.69) is 4.98 Å². The summed E-state index contributed by atoms with van der Waals surface area (Å²) < 4.78 is 26.0. The Labute approximate surface area is 134 Å². The molecule has 2 N–H and O–H groups in total. The lowest BCUT2D eigenvalue weighted by molar-refractivity contribution is -0.130. The van der Waals surface area contributed by atoms with E-state index < -0.39 is 15.1 Å². The SMILES string of the molecule is N[C@@H]1CS(=O)(=O)[C@H]2CN(C(=O)Cn3cnc4ccccc43)C[C@@H]12. The van der Waals surface area contributed by atoms with Crippen LogP contribution in [0.15, 0.2) is 30.6 Å². The average Bonchev–Trinajstić information content (AvgIpc) is 3.16. The second kappa shape index (κ2) is 5.04. The molecule has 8 heteroatoms. The molecule has 2 aliphatic rings. The third-order valence-electron chi connectivity index (χ3n) is 4.93. The number of hydrogen-bond acceptors (Lipinski definition) is 5. The van der Waals surface area contributed by atoms with Crippen molar-refractivity contribution in [2.75, 3.05) is 18.8 Å². The van der Waals surface area contributed by atoms with Crippen molar-refractivity contribution in [1.29, 1.82) is 0 Å². The molecule has 2 aliphatic heterocycles. The van der Waals surface area contributed by atoms with Crippen molar-refractivity contribution in [1.82, 2.24) is 14.5 Å². The minimum absolute atomic E-state index is 0.0382. The van der Waals surface area contributed by atoms with Crippen LogP contribution in [0.1, 0.15) is 0 Å². The summed E-state index contributed by atoms with van der Waals surface area (Å²) in [5.74, 6) is -0.190. The number of carbonyl (C=O) groups excluding carboxylic acids is 1. The summed E-state index contributed by atoms with van der Waals surface area (Å²) in [5, 5.41) is -0.499. The molecule has 0 aliphatic carbocycles. The van der Waals surface area contributed by atoms with Crippen molar-refractivity contribution in [3.63, 3.8) is 0 Å². The molecule has 23 heavy (non-hydrogen) atoms. The molecule has 2 saturated heterocycles. The molecular weight excluding hydrogens is 316 g/mol. The number of sulfone groups is 1. The van der Waals surface area contributed by atoms with E-state index in [1.807, 2.05) is 24.3 Å². The molecule has 3 heterocycles. The number of carbonyl (C=O) groups is 1. The minimum Gasteiger partial charge on any atom is -0.339 e. The van der Waals surface area contributed by atoms with E-state index in [0.717, 1.165) is 11.0 Å². The van der Waals surface area contributed by atoms with Crippen LogP contribution in [-0.2, 0) is 21.2 Å². The third kappa shape index (κ3) is 2.33. The number of rotatable bonds is 2. The molecule has 122 valence electrons. The number of fused-ring (bicyclic) bond motifs is 2. The molecule has 2 fully saturated rings. The van der Waals surface area contributed by atoms with E-state index in [9.17, 15) is 13.2 Å². The number of hydrogen-bond donors (Lipinski definition) is 1. The first-order chi connectivity index (χ1) is 11.0. The predicted molar refractivity (Wildman–Crippen MR) is 85.4 cm³/mol. The van der Waals surface area contributed by atoms with Crippen LogP contribution >= 0.6 is 0 Å². The molecule has 1 amide bonds. The minimum atomic E-state index is -3.17. The Kier molecular flexibility index (Phi) is 3.21. The standard InChI is InChI=1S/C15H18N4O3S/c16-11-8-23(21,22)14-6-18(5-10(11)14)15(20)7-19-9-17-12-3-1-2-4-13(12)19/h1-4,9-11,14H,5-8,16H2/t10-,11+,14-/m0/s1. The number of likely N-dealkylation sites (tertiary alicyclic amines) is 1. The number of nitrogens with two attached hydrogens (primary N) is 1. The van der Waals surface area contributed by atoms with Crippen LogP contribution in [0.25, 0.3) is 11.0 Å². The van der Waals surface area contributed by atoms with Gasteiger partial charge < -0.3 is 15.2 Å². The van der Waals surface area contributed by atoms with Crippen molar-refractivity contribution in [2.24, 2.45) is 11.7 Å². The smallest absolute Gasteiger partial charge is 0.242 e. The van der Waals surface area contributed by atoms with Gasteiger partial charge in [0, 0.05) is 25.0 Å². The molecule has 0 unspecified atom stereocenters. The monoisotopic (exact) mass is 334 g/mol. The molecule has 4 rings (SSSR count). The Morgan fingerprint density at radius 1 is 1.30 bits per heavy atom. The van der Waals surface area contributed by atoms with Crippen LogP contribution in [-0.4, -0.2) is 58.9 Å². The van der Waals surface area contributed by atoms with Gasteiger partial charge in [-0.3, -0.25) is 4.79 Å². The molecular formula is C15H18N4O3S. The fourth-order valence-electron chi connectivity index (χ4n) is 3.69. The summed E-state index contributed by atoms with van der Waals surface area (Å²) in [6.45, 7) is 0.845. The molecule has 3 atom stereocenters. The van der Waals surface area contributed by atoms with Gasteiger partial charge in [-0.15, -0.1) is 0 Å². The second-order valence-corrected chi connectivity index (χ2v) is 8.62. The summed E-state index contributed by atoms with van der Waals surface area (Å²) >= 11 is 0. The molecule has 0 saturated carbocycles. The molecule has 0 spiro atoms. The van der Waals surface area contributed by atoms with Gasteiger partial charge in [0.05, 0.1) is 28.4 Å². The number of para-hydroxylation sites is 2. The van der Waals surface area contributed by atoms with Crippen LogP contribution in [0.5, 0.6) is 0 Å². The predicted octanol–water partition coefficient (Wildman–Crippen LogP) is -0.381. The summed E-state index contributed by atoms with van der Waals surface area (Å²) in [4.78, 5) is 18.4. The van der Waals surface area contributed by atoms with E-state index in [1.54, 1.807) is 15.8 Å². The maximum Gasteiger partial charge on any atom is 0.242 e. The zero-order chi connectivity index (χ0) is 16.2. The number of nitrogens with zero attached hydrogens (tertiary/aromatic N) is 3. The van der Waals surface area contributed by atoms with E-state index in [4.69, 9.17) is 5.73 Å². The maximum atomic E-state index is 12.5. The average molecular weight is 334 g/mol. The van der Waals surface area contributed by atoms with Gasteiger partial charge in [0.1, 0.15) is 6.54 Å². The Morgan fingerprint density at radius 2 is 2.09 bits per heavy atom. The summed E-state index contributed by atoms with van der Waals surface area (Å²) in [7, 11) is -3.17. The Bertz CT molecular complexity index is 876. The van der Waals surface area contributed by atoms with Gasteiger partial charge in [-0.1, -0.05) is 12.1 Å². The van der Waals surface area contributed by atoms with Gasteiger partial charge in [0.15, 0.2) is 9.84 Å². The van der Waals surface area contributed by atoms with Gasteiger partial charge >= 0.3 is 0 Å². The van der Waals surface area contributed by atoms with Gasteiger partial charge in [-0.05, 0) is 12.1 Å². The molecule has 1 aromatic heterocycles. The highest BCUT2D eigenvalue weighted by Crippen LogP contribution is 2.33. The first-order valence-corrected chi connectivity index (χ1v) is 9.32. The third-order valence-corrected chi connectivity index (χ3v) is 7.20. The zero-order valence-corrected chi connectivity index (χ0v) is 13.3. The van der Waals surface area contributed by atoms with Gasteiger partial charge in [0.25, 0.3) is 0 Å². The largest absolute Gasteiger partial charge is 0.339 e.